The first-order valence-electron chi connectivity index (χ1n) is 7.28. The molecule has 6 heteroatoms. The second-order valence-electron chi connectivity index (χ2n) is 5.77. The summed E-state index contributed by atoms with van der Waals surface area (Å²) in [6.45, 7) is 1.81. The normalized spacial score (nSPS) is 27.2. The largest absolute Gasteiger partial charge is 0.440 e. The fourth-order valence-corrected chi connectivity index (χ4v) is 4.15. The standard InChI is InChI=1S/C15H17N3O2S/c1-8-16-7-12(20-8)13-4-5-14(21-13)15(19)18-11-6-9-2-3-10(11)17-9/h4-5,7,9-11,17H,2-3,6H2,1H3,(H,18,19)/t9-,10+,11-/m1/s1. The van der Waals surface area contributed by atoms with Crippen LogP contribution < -0.4 is 10.6 Å². The number of oxazole rings is 1. The van der Waals surface area contributed by atoms with Crippen molar-refractivity contribution in [2.75, 3.05) is 0 Å². The van der Waals surface area contributed by atoms with Crippen LogP contribution in [0, 0.1) is 6.92 Å². The maximum Gasteiger partial charge on any atom is 0.261 e. The lowest BCUT2D eigenvalue weighted by atomic mass is 9.95. The molecule has 1 amide bonds. The van der Waals surface area contributed by atoms with Crippen LogP contribution in [0.5, 0.6) is 0 Å². The molecule has 21 heavy (non-hydrogen) atoms. The molecule has 0 unspecified atom stereocenters. The van der Waals surface area contributed by atoms with Gasteiger partial charge in [0.2, 0.25) is 0 Å². The zero-order valence-corrected chi connectivity index (χ0v) is 12.6. The number of carbonyl (C=O) groups is 1. The Labute approximate surface area is 126 Å². The second-order valence-corrected chi connectivity index (χ2v) is 6.85. The van der Waals surface area contributed by atoms with Crippen molar-refractivity contribution in [3.05, 3.63) is 29.1 Å². The minimum absolute atomic E-state index is 0.0156. The number of fused-ring (bicyclic) bond motifs is 2. The van der Waals surface area contributed by atoms with E-state index >= 15 is 0 Å². The summed E-state index contributed by atoms with van der Waals surface area (Å²) in [5.74, 6) is 1.37. The summed E-state index contributed by atoms with van der Waals surface area (Å²) < 4.78 is 5.49. The maximum atomic E-state index is 12.4. The van der Waals surface area contributed by atoms with Crippen LogP contribution in [0.4, 0.5) is 0 Å². The van der Waals surface area contributed by atoms with Crippen LogP contribution in [-0.4, -0.2) is 29.0 Å². The molecule has 0 spiro atoms. The van der Waals surface area contributed by atoms with E-state index < -0.39 is 0 Å². The third kappa shape index (κ3) is 2.38. The number of aromatic nitrogens is 1. The summed E-state index contributed by atoms with van der Waals surface area (Å²) in [7, 11) is 0. The maximum absolute atomic E-state index is 12.4. The molecule has 2 aliphatic rings. The minimum atomic E-state index is 0.0156. The van der Waals surface area contributed by atoms with Crippen molar-refractivity contribution in [1.29, 1.82) is 0 Å². The first kappa shape index (κ1) is 13.0. The number of amides is 1. The van der Waals surface area contributed by atoms with Crippen LogP contribution in [0.25, 0.3) is 10.6 Å². The van der Waals surface area contributed by atoms with Crippen LogP contribution in [0.2, 0.25) is 0 Å². The van der Waals surface area contributed by atoms with Gasteiger partial charge in [-0.2, -0.15) is 0 Å². The number of hydrogen-bond donors (Lipinski definition) is 2. The van der Waals surface area contributed by atoms with Gasteiger partial charge in [-0.05, 0) is 31.4 Å². The monoisotopic (exact) mass is 303 g/mol. The van der Waals surface area contributed by atoms with E-state index in [2.05, 4.69) is 15.6 Å². The molecule has 0 aromatic carbocycles. The molecule has 0 aliphatic carbocycles. The van der Waals surface area contributed by atoms with E-state index in [0.717, 1.165) is 21.9 Å². The van der Waals surface area contributed by atoms with Gasteiger partial charge >= 0.3 is 0 Å². The highest BCUT2D eigenvalue weighted by Gasteiger charge is 2.39. The molecular weight excluding hydrogens is 286 g/mol. The van der Waals surface area contributed by atoms with E-state index in [1.54, 1.807) is 6.20 Å². The third-order valence-corrected chi connectivity index (χ3v) is 5.41. The SMILES string of the molecule is Cc1ncc(-c2ccc(C(=O)N[C@@H]3C[C@H]4CC[C@@H]3N4)s2)o1. The highest BCUT2D eigenvalue weighted by Crippen LogP contribution is 2.30. The quantitative estimate of drug-likeness (QED) is 0.913. The Balaban J connectivity index is 1.46. The summed E-state index contributed by atoms with van der Waals surface area (Å²) in [6.07, 6.45) is 5.16. The van der Waals surface area contributed by atoms with Gasteiger partial charge in [0, 0.05) is 25.0 Å². The molecule has 2 aliphatic heterocycles. The first-order chi connectivity index (χ1) is 10.2. The molecule has 4 rings (SSSR count). The van der Waals surface area contributed by atoms with Gasteiger partial charge in [-0.3, -0.25) is 4.79 Å². The highest BCUT2D eigenvalue weighted by atomic mass is 32.1. The van der Waals surface area contributed by atoms with Gasteiger partial charge in [-0.1, -0.05) is 0 Å². The average molecular weight is 303 g/mol. The van der Waals surface area contributed by atoms with Crippen molar-refractivity contribution in [3.63, 3.8) is 0 Å². The van der Waals surface area contributed by atoms with E-state index in [-0.39, 0.29) is 11.9 Å². The molecule has 2 fully saturated rings. The third-order valence-electron chi connectivity index (χ3n) is 4.31. The minimum Gasteiger partial charge on any atom is -0.440 e. The van der Waals surface area contributed by atoms with Crippen LogP contribution in [0.15, 0.2) is 22.7 Å². The lowest BCUT2D eigenvalue weighted by molar-refractivity contribution is 0.0935. The summed E-state index contributed by atoms with van der Waals surface area (Å²) in [4.78, 5) is 18.1. The number of aryl methyl sites for hydroxylation is 1. The first-order valence-corrected chi connectivity index (χ1v) is 8.10. The van der Waals surface area contributed by atoms with Gasteiger partial charge in [0.05, 0.1) is 16.0 Å². The fraction of sp³-hybridized carbons (Fsp3) is 0.467. The smallest absolute Gasteiger partial charge is 0.261 e. The topological polar surface area (TPSA) is 67.2 Å². The zero-order chi connectivity index (χ0) is 14.4. The van der Waals surface area contributed by atoms with Crippen molar-refractivity contribution in [1.82, 2.24) is 15.6 Å². The van der Waals surface area contributed by atoms with Crippen molar-refractivity contribution in [3.8, 4) is 10.6 Å². The molecule has 5 nitrogen and oxygen atoms in total. The van der Waals surface area contributed by atoms with Crippen LogP contribution in [0.3, 0.4) is 0 Å². The van der Waals surface area contributed by atoms with Gasteiger partial charge in [0.25, 0.3) is 5.91 Å². The number of nitrogens with zero attached hydrogens (tertiary/aromatic N) is 1. The van der Waals surface area contributed by atoms with Gasteiger partial charge < -0.3 is 15.1 Å². The van der Waals surface area contributed by atoms with Crippen molar-refractivity contribution in [2.24, 2.45) is 0 Å². The molecule has 110 valence electrons. The van der Waals surface area contributed by atoms with Crippen LogP contribution in [-0.2, 0) is 0 Å². The number of rotatable bonds is 3. The number of hydrogen-bond acceptors (Lipinski definition) is 5. The van der Waals surface area contributed by atoms with E-state index in [4.69, 9.17) is 4.42 Å². The Morgan fingerprint density at radius 1 is 1.48 bits per heavy atom. The molecule has 2 bridgehead atoms. The van der Waals surface area contributed by atoms with E-state index in [1.807, 2.05) is 19.1 Å². The summed E-state index contributed by atoms with van der Waals surface area (Å²) in [5.41, 5.74) is 0. The second kappa shape index (κ2) is 4.96. The summed E-state index contributed by atoms with van der Waals surface area (Å²) in [6, 6.07) is 5.09. The molecule has 2 saturated heterocycles. The lowest BCUT2D eigenvalue weighted by Crippen LogP contribution is -2.42. The van der Waals surface area contributed by atoms with Gasteiger partial charge in [0.15, 0.2) is 11.7 Å². The summed E-state index contributed by atoms with van der Waals surface area (Å²) >= 11 is 1.44. The Kier molecular flexibility index (Phi) is 3.08. The van der Waals surface area contributed by atoms with Crippen molar-refractivity contribution >= 4 is 17.2 Å². The molecule has 2 N–H and O–H groups in total. The summed E-state index contributed by atoms with van der Waals surface area (Å²) in [5, 5.41) is 6.69. The Hall–Kier alpha value is -1.66. The van der Waals surface area contributed by atoms with Crippen molar-refractivity contribution < 1.29 is 9.21 Å². The lowest BCUT2D eigenvalue weighted by Gasteiger charge is -2.20. The number of thiophene rings is 1. The van der Waals surface area contributed by atoms with Gasteiger partial charge in [0.1, 0.15) is 0 Å². The van der Waals surface area contributed by atoms with Crippen LogP contribution >= 0.6 is 11.3 Å². The molecule has 0 radical (unpaired) electrons. The zero-order valence-electron chi connectivity index (χ0n) is 11.8. The molecule has 4 heterocycles. The van der Waals surface area contributed by atoms with Crippen LogP contribution in [0.1, 0.15) is 34.8 Å². The predicted molar refractivity (Wildman–Crippen MR) is 80.4 cm³/mol. The Bertz CT molecular complexity index is 678. The average Bonchev–Trinajstić information content (AvgIpc) is 3.22. The van der Waals surface area contributed by atoms with Crippen molar-refractivity contribution in [2.45, 2.75) is 44.3 Å². The molecule has 3 atom stereocenters. The van der Waals surface area contributed by atoms with E-state index in [1.165, 1.54) is 24.2 Å². The molecule has 2 aromatic heterocycles. The highest BCUT2D eigenvalue weighted by molar-refractivity contribution is 7.17. The van der Waals surface area contributed by atoms with E-state index in [9.17, 15) is 4.79 Å². The van der Waals surface area contributed by atoms with E-state index in [0.29, 0.717) is 18.0 Å². The number of nitrogens with one attached hydrogen (secondary N) is 2. The molecular formula is C15H17N3O2S. The predicted octanol–water partition coefficient (Wildman–Crippen LogP) is 2.33. The molecule has 0 saturated carbocycles. The molecule has 2 aromatic rings. The fourth-order valence-electron chi connectivity index (χ4n) is 3.29. The number of carbonyl (C=O) groups excluding carboxylic acids is 1. The Morgan fingerprint density at radius 2 is 2.38 bits per heavy atom. The van der Waals surface area contributed by atoms with Gasteiger partial charge in [-0.15, -0.1) is 11.3 Å². The van der Waals surface area contributed by atoms with Gasteiger partial charge in [-0.25, -0.2) is 4.98 Å². The Morgan fingerprint density at radius 3 is 3.05 bits per heavy atom.